The largest absolute Gasteiger partial charge is 0.493 e. The first-order chi connectivity index (χ1) is 15.5. The van der Waals surface area contributed by atoms with Crippen molar-refractivity contribution in [2.24, 2.45) is 5.92 Å². The number of ether oxygens (including phenoxy) is 2. The Morgan fingerprint density at radius 3 is 2.59 bits per heavy atom. The predicted molar refractivity (Wildman–Crippen MR) is 129 cm³/mol. The van der Waals surface area contributed by atoms with E-state index in [0.717, 1.165) is 56.7 Å². The van der Waals surface area contributed by atoms with Crippen molar-refractivity contribution in [1.29, 1.82) is 0 Å². The van der Waals surface area contributed by atoms with Crippen LogP contribution in [0.3, 0.4) is 0 Å². The number of nitrogens with one attached hydrogen (secondary N) is 2. The minimum absolute atomic E-state index is 0.154. The molecule has 8 nitrogen and oxygen atoms in total. The van der Waals surface area contributed by atoms with Gasteiger partial charge in [0.15, 0.2) is 16.6 Å². The van der Waals surface area contributed by atoms with Gasteiger partial charge in [0, 0.05) is 37.0 Å². The van der Waals surface area contributed by atoms with Gasteiger partial charge in [-0.3, -0.25) is 15.0 Å². The minimum atomic E-state index is -0.340. The molecule has 0 saturated carbocycles. The zero-order valence-electron chi connectivity index (χ0n) is 18.5. The van der Waals surface area contributed by atoms with Crippen LogP contribution in [0.5, 0.6) is 11.5 Å². The van der Waals surface area contributed by atoms with Gasteiger partial charge >= 0.3 is 0 Å². The van der Waals surface area contributed by atoms with E-state index in [-0.39, 0.29) is 10.6 Å². The van der Waals surface area contributed by atoms with Gasteiger partial charge in [-0.1, -0.05) is 12.1 Å². The molecule has 2 N–H and O–H groups in total. The van der Waals surface area contributed by atoms with Gasteiger partial charge in [-0.15, -0.1) is 0 Å². The second kappa shape index (κ2) is 11.6. The van der Waals surface area contributed by atoms with Gasteiger partial charge in [0.2, 0.25) is 0 Å². The average molecular weight is 459 g/mol. The van der Waals surface area contributed by atoms with Crippen LogP contribution in [0.4, 0.5) is 11.4 Å². The molecule has 0 aliphatic carbocycles. The fourth-order valence-electron chi connectivity index (χ4n) is 3.94. The zero-order chi connectivity index (χ0) is 22.9. The van der Waals surface area contributed by atoms with Crippen LogP contribution in [0.1, 0.15) is 24.8 Å². The van der Waals surface area contributed by atoms with E-state index in [1.807, 2.05) is 24.3 Å². The predicted octanol–water partition coefficient (Wildman–Crippen LogP) is 4.20. The van der Waals surface area contributed by atoms with Crippen LogP contribution in [-0.2, 0) is 6.54 Å². The highest BCUT2D eigenvalue weighted by Gasteiger charge is 2.19. The number of thiocarbonyl (C=S) groups is 1. The molecule has 0 aromatic heterocycles. The van der Waals surface area contributed by atoms with Crippen LogP contribution in [-0.4, -0.2) is 48.8 Å². The first-order valence-electron chi connectivity index (χ1n) is 10.7. The Morgan fingerprint density at radius 2 is 1.91 bits per heavy atom. The van der Waals surface area contributed by atoms with E-state index in [0.29, 0.717) is 22.5 Å². The lowest BCUT2D eigenvalue weighted by Gasteiger charge is -2.32. The van der Waals surface area contributed by atoms with Crippen LogP contribution >= 0.6 is 12.2 Å². The van der Waals surface area contributed by atoms with Crippen molar-refractivity contribution < 1.29 is 14.4 Å². The Labute approximate surface area is 194 Å². The molecule has 0 atom stereocenters. The Bertz CT molecular complexity index is 932. The van der Waals surface area contributed by atoms with E-state index >= 15 is 0 Å². The number of hydrogen-bond donors (Lipinski definition) is 2. The SMILES string of the molecule is COc1ccc(NC(=S)NCCC2CCN(Cc3cccc([N+](=O)[O-])c3)CC2)cc1OC. The van der Waals surface area contributed by atoms with Gasteiger partial charge in [-0.05, 0) is 68.2 Å². The summed E-state index contributed by atoms with van der Waals surface area (Å²) < 4.78 is 10.6. The summed E-state index contributed by atoms with van der Waals surface area (Å²) in [5.41, 5.74) is 1.99. The molecule has 0 unspecified atom stereocenters. The molecule has 0 amide bonds. The number of methoxy groups -OCH3 is 2. The number of nitro benzene ring substituents is 1. The Morgan fingerprint density at radius 1 is 1.16 bits per heavy atom. The molecule has 32 heavy (non-hydrogen) atoms. The Kier molecular flexibility index (Phi) is 8.64. The second-order valence-corrected chi connectivity index (χ2v) is 8.29. The number of nitro groups is 1. The summed E-state index contributed by atoms with van der Waals surface area (Å²) >= 11 is 5.41. The molecule has 2 aromatic rings. The van der Waals surface area contributed by atoms with Crippen LogP contribution in [0, 0.1) is 16.0 Å². The van der Waals surface area contributed by atoms with Crippen molar-refractivity contribution in [1.82, 2.24) is 10.2 Å². The molecule has 9 heteroatoms. The fraction of sp³-hybridized carbons (Fsp3) is 0.435. The van der Waals surface area contributed by atoms with Gasteiger partial charge in [-0.25, -0.2) is 0 Å². The quantitative estimate of drug-likeness (QED) is 0.328. The first-order valence-corrected chi connectivity index (χ1v) is 11.1. The van der Waals surface area contributed by atoms with Crippen molar-refractivity contribution >= 4 is 28.7 Å². The third-order valence-corrected chi connectivity index (χ3v) is 5.96. The standard InChI is InChI=1S/C23H30N4O4S/c1-30-21-7-6-19(15-22(21)31-2)25-23(32)24-11-8-17-9-12-26(13-10-17)16-18-4-3-5-20(14-18)27(28)29/h3-7,14-15,17H,8-13,16H2,1-2H3,(H2,24,25,32). The third-order valence-electron chi connectivity index (χ3n) is 5.71. The molecular formula is C23H30N4O4S. The van der Waals surface area contributed by atoms with E-state index in [1.165, 1.54) is 6.07 Å². The molecule has 0 radical (unpaired) electrons. The van der Waals surface area contributed by atoms with E-state index < -0.39 is 0 Å². The molecule has 1 fully saturated rings. The minimum Gasteiger partial charge on any atom is -0.493 e. The molecule has 1 heterocycles. The lowest BCUT2D eigenvalue weighted by molar-refractivity contribution is -0.384. The average Bonchev–Trinajstić information content (AvgIpc) is 2.80. The number of piperidine rings is 1. The smallest absolute Gasteiger partial charge is 0.269 e. The van der Waals surface area contributed by atoms with Crippen LogP contribution < -0.4 is 20.1 Å². The van der Waals surface area contributed by atoms with E-state index in [2.05, 4.69) is 15.5 Å². The van der Waals surface area contributed by atoms with Gasteiger partial charge in [0.25, 0.3) is 5.69 Å². The van der Waals surface area contributed by atoms with Crippen LogP contribution in [0.2, 0.25) is 0 Å². The maximum Gasteiger partial charge on any atom is 0.269 e. The number of non-ortho nitro benzene ring substituents is 1. The van der Waals surface area contributed by atoms with Gasteiger partial charge in [0.05, 0.1) is 19.1 Å². The molecular weight excluding hydrogens is 428 g/mol. The summed E-state index contributed by atoms with van der Waals surface area (Å²) in [5.74, 6) is 1.97. The monoisotopic (exact) mass is 458 g/mol. The molecule has 1 aliphatic heterocycles. The molecule has 1 saturated heterocycles. The maximum atomic E-state index is 11.0. The highest BCUT2D eigenvalue weighted by molar-refractivity contribution is 7.80. The zero-order valence-corrected chi connectivity index (χ0v) is 19.3. The first kappa shape index (κ1) is 23.7. The summed E-state index contributed by atoms with van der Waals surface area (Å²) in [6.07, 6.45) is 3.29. The second-order valence-electron chi connectivity index (χ2n) is 7.89. The lowest BCUT2D eigenvalue weighted by Crippen LogP contribution is -2.35. The fourth-order valence-corrected chi connectivity index (χ4v) is 4.16. The summed E-state index contributed by atoms with van der Waals surface area (Å²) in [5, 5.41) is 18.0. The van der Waals surface area contributed by atoms with Crippen LogP contribution in [0.15, 0.2) is 42.5 Å². The summed E-state index contributed by atoms with van der Waals surface area (Å²) in [4.78, 5) is 13.0. The molecule has 3 rings (SSSR count). The van der Waals surface area contributed by atoms with Gasteiger partial charge in [0.1, 0.15) is 0 Å². The van der Waals surface area contributed by atoms with E-state index in [1.54, 1.807) is 26.4 Å². The summed E-state index contributed by atoms with van der Waals surface area (Å²) in [7, 11) is 3.21. The number of rotatable bonds is 9. The van der Waals surface area contributed by atoms with Gasteiger partial charge < -0.3 is 20.1 Å². The lowest BCUT2D eigenvalue weighted by atomic mass is 9.93. The van der Waals surface area contributed by atoms with Crippen molar-refractivity contribution in [2.75, 3.05) is 39.2 Å². The molecule has 1 aliphatic rings. The normalized spacial score (nSPS) is 14.6. The number of hydrogen-bond acceptors (Lipinski definition) is 6. The highest BCUT2D eigenvalue weighted by Crippen LogP contribution is 2.29. The molecule has 0 bridgehead atoms. The third kappa shape index (κ3) is 6.80. The number of nitrogens with zero attached hydrogens (tertiary/aromatic N) is 2. The van der Waals surface area contributed by atoms with Gasteiger partial charge in [-0.2, -0.15) is 0 Å². The number of anilines is 1. The topological polar surface area (TPSA) is 88.9 Å². The molecule has 0 spiro atoms. The molecule has 172 valence electrons. The van der Waals surface area contributed by atoms with E-state index in [4.69, 9.17) is 21.7 Å². The van der Waals surface area contributed by atoms with Crippen molar-refractivity contribution in [3.05, 3.63) is 58.1 Å². The highest BCUT2D eigenvalue weighted by atomic mass is 32.1. The summed E-state index contributed by atoms with van der Waals surface area (Å²) in [6, 6.07) is 12.5. The number of benzene rings is 2. The Balaban J connectivity index is 1.37. The van der Waals surface area contributed by atoms with Crippen LogP contribution in [0.25, 0.3) is 0 Å². The summed E-state index contributed by atoms with van der Waals surface area (Å²) in [6.45, 7) is 3.57. The van der Waals surface area contributed by atoms with Crippen molar-refractivity contribution in [2.45, 2.75) is 25.8 Å². The van der Waals surface area contributed by atoms with Crippen molar-refractivity contribution in [3.8, 4) is 11.5 Å². The van der Waals surface area contributed by atoms with E-state index in [9.17, 15) is 10.1 Å². The Hall–Kier alpha value is -2.91. The molecule has 2 aromatic carbocycles. The maximum absolute atomic E-state index is 11.0. The number of likely N-dealkylation sites (tertiary alicyclic amines) is 1. The van der Waals surface area contributed by atoms with Crippen molar-refractivity contribution in [3.63, 3.8) is 0 Å².